The minimum Gasteiger partial charge on any atom is -0.387 e. The zero-order chi connectivity index (χ0) is 12.1. The van der Waals surface area contributed by atoms with Crippen LogP contribution in [0.5, 0.6) is 0 Å². The van der Waals surface area contributed by atoms with E-state index in [-0.39, 0.29) is 0 Å². The van der Waals surface area contributed by atoms with Gasteiger partial charge in [0.2, 0.25) is 0 Å². The SMILES string of the molecule is CN(Cc1ccc[nH]1)C[C@@H](O)c1ccccc1. The summed E-state index contributed by atoms with van der Waals surface area (Å²) < 4.78 is 0. The lowest BCUT2D eigenvalue weighted by Gasteiger charge is -2.20. The molecule has 0 fully saturated rings. The molecule has 0 spiro atoms. The zero-order valence-corrected chi connectivity index (χ0v) is 10.0. The minimum atomic E-state index is -0.434. The van der Waals surface area contributed by atoms with Crippen LogP contribution in [-0.2, 0) is 6.54 Å². The summed E-state index contributed by atoms with van der Waals surface area (Å²) in [5, 5.41) is 10.1. The highest BCUT2D eigenvalue weighted by atomic mass is 16.3. The van der Waals surface area contributed by atoms with E-state index in [2.05, 4.69) is 9.88 Å². The van der Waals surface area contributed by atoms with Crippen molar-refractivity contribution in [2.45, 2.75) is 12.6 Å². The topological polar surface area (TPSA) is 39.3 Å². The van der Waals surface area contributed by atoms with E-state index in [9.17, 15) is 5.11 Å². The van der Waals surface area contributed by atoms with E-state index in [1.807, 2.05) is 55.7 Å². The number of nitrogens with one attached hydrogen (secondary N) is 1. The molecule has 2 aromatic rings. The molecule has 90 valence electrons. The molecule has 0 radical (unpaired) electrons. The lowest BCUT2D eigenvalue weighted by atomic mass is 10.1. The van der Waals surface area contributed by atoms with E-state index in [0.717, 1.165) is 17.8 Å². The highest BCUT2D eigenvalue weighted by Crippen LogP contribution is 2.13. The van der Waals surface area contributed by atoms with Gasteiger partial charge in [0.15, 0.2) is 0 Å². The number of aliphatic hydroxyl groups is 1. The molecule has 0 amide bonds. The molecule has 0 aliphatic heterocycles. The number of aliphatic hydroxyl groups excluding tert-OH is 1. The summed E-state index contributed by atoms with van der Waals surface area (Å²) in [4.78, 5) is 5.26. The van der Waals surface area contributed by atoms with Crippen LogP contribution in [0.3, 0.4) is 0 Å². The Hall–Kier alpha value is -1.58. The third-order valence-corrected chi connectivity index (χ3v) is 2.77. The summed E-state index contributed by atoms with van der Waals surface area (Å²) in [7, 11) is 2.01. The van der Waals surface area contributed by atoms with Crippen LogP contribution in [0.25, 0.3) is 0 Å². The van der Waals surface area contributed by atoms with Crippen molar-refractivity contribution < 1.29 is 5.11 Å². The molecule has 0 bridgehead atoms. The lowest BCUT2D eigenvalue weighted by molar-refractivity contribution is 0.123. The third-order valence-electron chi connectivity index (χ3n) is 2.77. The van der Waals surface area contributed by atoms with Gasteiger partial charge in [-0.3, -0.25) is 4.90 Å². The van der Waals surface area contributed by atoms with Gasteiger partial charge in [0.1, 0.15) is 0 Å². The van der Waals surface area contributed by atoms with Crippen molar-refractivity contribution in [1.29, 1.82) is 0 Å². The Balaban J connectivity index is 1.88. The Morgan fingerprint density at radius 3 is 2.59 bits per heavy atom. The van der Waals surface area contributed by atoms with Crippen LogP contribution in [0, 0.1) is 0 Å². The second-order valence-electron chi connectivity index (χ2n) is 4.32. The number of H-pyrrole nitrogens is 1. The fraction of sp³-hybridized carbons (Fsp3) is 0.286. The maximum absolute atomic E-state index is 10.1. The molecule has 17 heavy (non-hydrogen) atoms. The maximum Gasteiger partial charge on any atom is 0.0916 e. The number of likely N-dealkylation sites (N-methyl/N-ethyl adjacent to an activating group) is 1. The largest absolute Gasteiger partial charge is 0.387 e. The first-order valence-electron chi connectivity index (χ1n) is 5.79. The molecule has 0 aliphatic carbocycles. The number of aromatic amines is 1. The fourth-order valence-corrected chi connectivity index (χ4v) is 1.90. The van der Waals surface area contributed by atoms with Crippen LogP contribution in [0.4, 0.5) is 0 Å². The first-order chi connectivity index (χ1) is 8.25. The maximum atomic E-state index is 10.1. The predicted molar refractivity (Wildman–Crippen MR) is 68.5 cm³/mol. The Kier molecular flexibility index (Phi) is 3.96. The molecule has 2 N–H and O–H groups in total. The fourth-order valence-electron chi connectivity index (χ4n) is 1.90. The molecular weight excluding hydrogens is 212 g/mol. The number of aromatic nitrogens is 1. The van der Waals surface area contributed by atoms with E-state index >= 15 is 0 Å². The van der Waals surface area contributed by atoms with Crippen molar-refractivity contribution >= 4 is 0 Å². The van der Waals surface area contributed by atoms with Gasteiger partial charge in [-0.05, 0) is 24.7 Å². The van der Waals surface area contributed by atoms with Crippen LogP contribution in [0.15, 0.2) is 48.7 Å². The Labute approximate surface area is 102 Å². The highest BCUT2D eigenvalue weighted by Gasteiger charge is 2.10. The van der Waals surface area contributed by atoms with Crippen molar-refractivity contribution in [3.8, 4) is 0 Å². The van der Waals surface area contributed by atoms with Gasteiger partial charge in [-0.15, -0.1) is 0 Å². The molecule has 0 saturated heterocycles. The monoisotopic (exact) mass is 230 g/mol. The van der Waals surface area contributed by atoms with Gasteiger partial charge in [0.25, 0.3) is 0 Å². The van der Waals surface area contributed by atoms with E-state index in [1.165, 1.54) is 0 Å². The van der Waals surface area contributed by atoms with Crippen LogP contribution >= 0.6 is 0 Å². The zero-order valence-electron chi connectivity index (χ0n) is 10.0. The van der Waals surface area contributed by atoms with E-state index in [4.69, 9.17) is 0 Å². The van der Waals surface area contributed by atoms with Gasteiger partial charge in [0, 0.05) is 25.0 Å². The third kappa shape index (κ3) is 3.44. The normalized spacial score (nSPS) is 12.9. The van der Waals surface area contributed by atoms with Gasteiger partial charge < -0.3 is 10.1 Å². The number of benzene rings is 1. The van der Waals surface area contributed by atoms with Crippen molar-refractivity contribution in [2.24, 2.45) is 0 Å². The van der Waals surface area contributed by atoms with E-state index < -0.39 is 6.10 Å². The second-order valence-corrected chi connectivity index (χ2v) is 4.32. The minimum absolute atomic E-state index is 0.434. The average molecular weight is 230 g/mol. The number of hydrogen-bond acceptors (Lipinski definition) is 2. The van der Waals surface area contributed by atoms with Gasteiger partial charge in [-0.2, -0.15) is 0 Å². The Morgan fingerprint density at radius 1 is 1.18 bits per heavy atom. The van der Waals surface area contributed by atoms with Crippen LogP contribution in [0.2, 0.25) is 0 Å². The van der Waals surface area contributed by atoms with Crippen molar-refractivity contribution in [3.63, 3.8) is 0 Å². The summed E-state index contributed by atoms with van der Waals surface area (Å²) in [6.45, 7) is 1.44. The second kappa shape index (κ2) is 5.66. The summed E-state index contributed by atoms with van der Waals surface area (Å²) in [6, 6.07) is 13.8. The van der Waals surface area contributed by atoms with Crippen molar-refractivity contribution in [3.05, 3.63) is 59.9 Å². The van der Waals surface area contributed by atoms with Crippen molar-refractivity contribution in [1.82, 2.24) is 9.88 Å². The molecule has 3 nitrogen and oxygen atoms in total. The summed E-state index contributed by atoms with van der Waals surface area (Å²) in [6.07, 6.45) is 1.48. The molecule has 0 saturated carbocycles. The predicted octanol–water partition coefficient (Wildman–Crippen LogP) is 2.18. The number of rotatable bonds is 5. The summed E-state index contributed by atoms with van der Waals surface area (Å²) in [5.74, 6) is 0. The van der Waals surface area contributed by atoms with E-state index in [0.29, 0.717) is 6.54 Å². The van der Waals surface area contributed by atoms with Crippen LogP contribution in [0.1, 0.15) is 17.4 Å². The molecule has 1 heterocycles. The lowest BCUT2D eigenvalue weighted by Crippen LogP contribution is -2.24. The Morgan fingerprint density at radius 2 is 1.94 bits per heavy atom. The van der Waals surface area contributed by atoms with Gasteiger partial charge in [0.05, 0.1) is 6.10 Å². The summed E-state index contributed by atoms with van der Waals surface area (Å²) in [5.41, 5.74) is 2.12. The van der Waals surface area contributed by atoms with Gasteiger partial charge in [-0.25, -0.2) is 0 Å². The smallest absolute Gasteiger partial charge is 0.0916 e. The number of nitrogens with zero attached hydrogens (tertiary/aromatic N) is 1. The van der Waals surface area contributed by atoms with Gasteiger partial charge >= 0.3 is 0 Å². The first kappa shape index (κ1) is 11.9. The van der Waals surface area contributed by atoms with Crippen LogP contribution in [-0.4, -0.2) is 28.6 Å². The average Bonchev–Trinajstić information content (AvgIpc) is 2.82. The molecule has 3 heteroatoms. The molecule has 0 aliphatic rings. The molecule has 2 rings (SSSR count). The standard InChI is InChI=1S/C14H18N2O/c1-16(10-13-8-5-9-15-13)11-14(17)12-6-3-2-4-7-12/h2-9,14-15,17H,10-11H2,1H3/t14-/m1/s1. The van der Waals surface area contributed by atoms with Gasteiger partial charge in [-0.1, -0.05) is 30.3 Å². The highest BCUT2D eigenvalue weighted by molar-refractivity contribution is 5.17. The molecular formula is C14H18N2O. The molecule has 1 aromatic heterocycles. The number of hydrogen-bond donors (Lipinski definition) is 2. The first-order valence-corrected chi connectivity index (χ1v) is 5.79. The van der Waals surface area contributed by atoms with Crippen LogP contribution < -0.4 is 0 Å². The quantitative estimate of drug-likeness (QED) is 0.826. The molecule has 0 unspecified atom stereocenters. The van der Waals surface area contributed by atoms with Crippen molar-refractivity contribution in [2.75, 3.05) is 13.6 Å². The van der Waals surface area contributed by atoms with E-state index in [1.54, 1.807) is 0 Å². The summed E-state index contributed by atoms with van der Waals surface area (Å²) >= 11 is 0. The molecule has 1 aromatic carbocycles. The Bertz CT molecular complexity index is 425. The molecule has 1 atom stereocenters.